The Kier molecular flexibility index (Phi) is 11.2. The van der Waals surface area contributed by atoms with Crippen molar-refractivity contribution in [3.05, 3.63) is 167 Å². The molecular weight excluding hydrogens is 544 g/mol. The highest BCUT2D eigenvalue weighted by atomic mass is 15.0. The predicted octanol–water partition coefficient (Wildman–Crippen LogP) is 12.0. The summed E-state index contributed by atoms with van der Waals surface area (Å²) in [6, 6.07) is 13.2. The van der Waals surface area contributed by atoms with E-state index < -0.39 is 0 Å². The fraction of sp³-hybridized carbons (Fsp3) is 0.233. The summed E-state index contributed by atoms with van der Waals surface area (Å²) in [5.74, 6) is 0. The summed E-state index contributed by atoms with van der Waals surface area (Å²) in [6.45, 7) is 10.7. The van der Waals surface area contributed by atoms with Crippen molar-refractivity contribution in [2.24, 2.45) is 0 Å². The normalized spacial score (nSPS) is 17.8. The van der Waals surface area contributed by atoms with Crippen LogP contribution in [-0.4, -0.2) is 9.55 Å². The van der Waals surface area contributed by atoms with Crippen LogP contribution in [0.3, 0.4) is 0 Å². The molecular formula is C43H46N2. The number of allylic oxidation sites excluding steroid dienone is 17. The van der Waals surface area contributed by atoms with Gasteiger partial charge in [-0.25, -0.2) is 0 Å². The van der Waals surface area contributed by atoms with Crippen LogP contribution >= 0.6 is 0 Å². The summed E-state index contributed by atoms with van der Waals surface area (Å²) >= 11 is 0. The molecule has 3 aromatic rings. The van der Waals surface area contributed by atoms with Gasteiger partial charge in [0.25, 0.3) is 0 Å². The lowest BCUT2D eigenvalue weighted by Crippen LogP contribution is -1.98. The summed E-state index contributed by atoms with van der Waals surface area (Å²) < 4.78 is 2.33. The Hall–Kier alpha value is -4.69. The lowest BCUT2D eigenvalue weighted by molar-refractivity contribution is 1.08. The van der Waals surface area contributed by atoms with Crippen molar-refractivity contribution < 1.29 is 0 Å². The number of pyridine rings is 1. The number of hydrogen-bond acceptors (Lipinski definition) is 1. The molecule has 0 unspecified atom stereocenters. The minimum Gasteiger partial charge on any atom is -0.308 e. The van der Waals surface area contributed by atoms with Gasteiger partial charge in [0.15, 0.2) is 0 Å². The standard InChI is InChI=1S/C43H46N2/c1-5-8-16-34(15-6-2)31-33(4)24-27-37(7-3)38-19-12-17-35(18-13-20-38)32-36-25-28-39(29-26-36)45-41-22-11-9-10-21-40(41)43-42(45)23-14-30-44-43/h7-8,10-12,14-18,20-30H,3,5-6,9,13,19,31-32H2,1-2,4H3/b16-8-,17-12-,33-24+,34-15+,35-18?,37-27+,38-20+. The van der Waals surface area contributed by atoms with Crippen LogP contribution in [0.15, 0.2) is 150 Å². The van der Waals surface area contributed by atoms with Crippen LogP contribution in [0.25, 0.3) is 28.9 Å². The van der Waals surface area contributed by atoms with Gasteiger partial charge in [-0.2, -0.15) is 0 Å². The van der Waals surface area contributed by atoms with Crippen molar-refractivity contribution in [1.29, 1.82) is 0 Å². The zero-order valence-corrected chi connectivity index (χ0v) is 27.2. The van der Waals surface area contributed by atoms with Crippen LogP contribution in [0.1, 0.15) is 76.1 Å². The fourth-order valence-corrected chi connectivity index (χ4v) is 6.06. The van der Waals surface area contributed by atoms with Gasteiger partial charge in [-0.3, -0.25) is 4.98 Å². The van der Waals surface area contributed by atoms with E-state index in [1.807, 2.05) is 18.3 Å². The van der Waals surface area contributed by atoms with Crippen molar-refractivity contribution in [3.8, 4) is 5.69 Å². The summed E-state index contributed by atoms with van der Waals surface area (Å²) in [7, 11) is 0. The quantitative estimate of drug-likeness (QED) is 0.203. The Morgan fingerprint density at radius 2 is 1.78 bits per heavy atom. The summed E-state index contributed by atoms with van der Waals surface area (Å²) in [4.78, 5) is 4.72. The molecule has 2 aliphatic rings. The van der Waals surface area contributed by atoms with Gasteiger partial charge in [0, 0.05) is 17.4 Å². The van der Waals surface area contributed by atoms with E-state index in [2.05, 4.69) is 141 Å². The highest BCUT2D eigenvalue weighted by Gasteiger charge is 2.16. The molecule has 2 heteroatoms. The minimum atomic E-state index is 0.906. The molecule has 0 bridgehead atoms. The van der Waals surface area contributed by atoms with Gasteiger partial charge in [-0.15, -0.1) is 0 Å². The Balaban J connectivity index is 1.28. The van der Waals surface area contributed by atoms with Crippen LogP contribution in [-0.2, 0) is 6.42 Å². The van der Waals surface area contributed by atoms with E-state index in [0.717, 1.165) is 61.7 Å². The molecule has 0 atom stereocenters. The molecule has 2 nitrogen and oxygen atoms in total. The van der Waals surface area contributed by atoms with Crippen molar-refractivity contribution in [3.63, 3.8) is 0 Å². The SMILES string of the molecule is C=CC(=C\C=C(/C)CC(/C=C\CC)=C/CC)/C1=C/CC=C(Cc2ccc(-n3c4c(c5ncccc53)C=CCC=C4)cc2)/C=C\C1. The van der Waals surface area contributed by atoms with Gasteiger partial charge in [0.05, 0.1) is 16.7 Å². The molecule has 0 radical (unpaired) electrons. The van der Waals surface area contributed by atoms with Crippen LogP contribution < -0.4 is 0 Å². The summed E-state index contributed by atoms with van der Waals surface area (Å²) in [5.41, 5.74) is 13.7. The second-order valence-corrected chi connectivity index (χ2v) is 11.8. The van der Waals surface area contributed by atoms with Gasteiger partial charge < -0.3 is 4.57 Å². The van der Waals surface area contributed by atoms with Crippen LogP contribution in [0.2, 0.25) is 0 Å². The summed E-state index contributed by atoms with van der Waals surface area (Å²) in [5, 5.41) is 0. The van der Waals surface area contributed by atoms with Gasteiger partial charge in [0.2, 0.25) is 0 Å². The first-order valence-electron chi connectivity index (χ1n) is 16.4. The van der Waals surface area contributed by atoms with Gasteiger partial charge in [-0.1, -0.05) is 117 Å². The maximum absolute atomic E-state index is 4.72. The van der Waals surface area contributed by atoms with Gasteiger partial charge in [-0.05, 0) is 110 Å². The van der Waals surface area contributed by atoms with Crippen LogP contribution in [0.4, 0.5) is 0 Å². The number of nitrogens with zero attached hydrogens (tertiary/aromatic N) is 2. The molecule has 2 heterocycles. The molecule has 0 saturated carbocycles. The second-order valence-electron chi connectivity index (χ2n) is 11.8. The molecule has 2 aromatic heterocycles. The first kappa shape index (κ1) is 31.7. The lowest BCUT2D eigenvalue weighted by atomic mass is 9.95. The highest BCUT2D eigenvalue weighted by Crippen LogP contribution is 2.32. The average Bonchev–Trinajstić information content (AvgIpc) is 3.16. The molecule has 0 spiro atoms. The minimum absolute atomic E-state index is 0.906. The van der Waals surface area contributed by atoms with Crippen molar-refractivity contribution in [2.45, 2.75) is 65.7 Å². The fourth-order valence-electron chi connectivity index (χ4n) is 6.06. The van der Waals surface area contributed by atoms with Crippen molar-refractivity contribution in [2.75, 3.05) is 0 Å². The topological polar surface area (TPSA) is 17.8 Å². The molecule has 0 fully saturated rings. The monoisotopic (exact) mass is 590 g/mol. The summed E-state index contributed by atoms with van der Waals surface area (Å²) in [6.07, 6.45) is 40.2. The molecule has 5 rings (SSSR count). The lowest BCUT2D eigenvalue weighted by Gasteiger charge is -2.12. The molecule has 0 aliphatic heterocycles. The van der Waals surface area contributed by atoms with E-state index in [1.165, 1.54) is 44.7 Å². The first-order chi connectivity index (χ1) is 22.1. The molecule has 0 saturated heterocycles. The van der Waals surface area contributed by atoms with E-state index >= 15 is 0 Å². The first-order valence-corrected chi connectivity index (χ1v) is 16.4. The maximum atomic E-state index is 4.72. The smallest absolute Gasteiger partial charge is 0.0963 e. The molecule has 0 N–H and O–H groups in total. The van der Waals surface area contributed by atoms with E-state index in [4.69, 9.17) is 4.98 Å². The zero-order chi connectivity index (χ0) is 31.4. The number of fused-ring (bicyclic) bond motifs is 3. The predicted molar refractivity (Wildman–Crippen MR) is 196 cm³/mol. The van der Waals surface area contributed by atoms with E-state index in [-0.39, 0.29) is 0 Å². The third-order valence-electron chi connectivity index (χ3n) is 8.30. The number of hydrogen-bond donors (Lipinski definition) is 0. The average molecular weight is 591 g/mol. The van der Waals surface area contributed by atoms with E-state index in [1.54, 1.807) is 0 Å². The third kappa shape index (κ3) is 8.08. The number of aromatic nitrogens is 2. The van der Waals surface area contributed by atoms with Crippen LogP contribution in [0, 0.1) is 0 Å². The van der Waals surface area contributed by atoms with Crippen molar-refractivity contribution >= 4 is 23.2 Å². The Morgan fingerprint density at radius 3 is 2.58 bits per heavy atom. The molecule has 2 aliphatic carbocycles. The highest BCUT2D eigenvalue weighted by molar-refractivity contribution is 5.93. The van der Waals surface area contributed by atoms with Gasteiger partial charge in [0.1, 0.15) is 0 Å². The number of rotatable bonds is 11. The zero-order valence-electron chi connectivity index (χ0n) is 27.2. The largest absolute Gasteiger partial charge is 0.308 e. The van der Waals surface area contributed by atoms with Crippen LogP contribution in [0.5, 0.6) is 0 Å². The van der Waals surface area contributed by atoms with Gasteiger partial charge >= 0.3 is 0 Å². The Labute approximate surface area is 270 Å². The van der Waals surface area contributed by atoms with E-state index in [0.29, 0.717) is 0 Å². The number of benzene rings is 1. The third-order valence-corrected chi connectivity index (χ3v) is 8.30. The maximum Gasteiger partial charge on any atom is 0.0963 e. The van der Waals surface area contributed by atoms with Crippen molar-refractivity contribution in [1.82, 2.24) is 9.55 Å². The molecule has 228 valence electrons. The Morgan fingerprint density at radius 1 is 0.933 bits per heavy atom. The molecule has 45 heavy (non-hydrogen) atoms. The van der Waals surface area contributed by atoms with E-state index in [9.17, 15) is 0 Å². The molecule has 0 amide bonds. The Bertz CT molecular complexity index is 1790. The molecule has 1 aromatic carbocycles. The second kappa shape index (κ2) is 15.9.